The maximum atomic E-state index is 13.7. The Morgan fingerprint density at radius 3 is 2.38 bits per heavy atom. The standard InChI is InChI=1S/C32H37N5O3S2/c1-36-17-19-37(20-18-36)42(39,40)27-14-11-25(12-15-27)28(22-24-9-5-6-10-24)30(38)35-32-34-29-16-13-26(33-31(29)41-32)21-23-7-3-2-4-8-23/h2-4,7-8,11-16,24,28H,5-6,9-10,17-22H2,1H3,(H,34,35,38). The Labute approximate surface area is 251 Å². The van der Waals surface area contributed by atoms with E-state index in [2.05, 4.69) is 27.3 Å². The van der Waals surface area contributed by atoms with Crippen LogP contribution in [0.25, 0.3) is 10.3 Å². The molecular formula is C32H37N5O3S2. The van der Waals surface area contributed by atoms with Crippen molar-refractivity contribution in [2.45, 2.75) is 49.3 Å². The summed E-state index contributed by atoms with van der Waals surface area (Å²) in [6, 6.07) is 21.1. The summed E-state index contributed by atoms with van der Waals surface area (Å²) >= 11 is 1.38. The van der Waals surface area contributed by atoms with Gasteiger partial charge in [-0.05, 0) is 54.8 Å². The molecule has 0 radical (unpaired) electrons. The summed E-state index contributed by atoms with van der Waals surface area (Å²) in [7, 11) is -1.56. The van der Waals surface area contributed by atoms with E-state index in [1.54, 1.807) is 16.4 Å². The lowest BCUT2D eigenvalue weighted by Gasteiger charge is -2.31. The predicted molar refractivity (Wildman–Crippen MR) is 167 cm³/mol. The first-order valence-corrected chi connectivity index (χ1v) is 17.0. The smallest absolute Gasteiger partial charge is 0.243 e. The summed E-state index contributed by atoms with van der Waals surface area (Å²) < 4.78 is 28.1. The molecule has 1 amide bonds. The van der Waals surface area contributed by atoms with E-state index in [-0.39, 0.29) is 16.7 Å². The minimum Gasteiger partial charge on any atom is -0.304 e. The third-order valence-corrected chi connectivity index (χ3v) is 11.3. The maximum absolute atomic E-state index is 13.7. The van der Waals surface area contributed by atoms with Crippen LogP contribution in [-0.2, 0) is 21.2 Å². The summed E-state index contributed by atoms with van der Waals surface area (Å²) in [5.41, 5.74) is 3.75. The topological polar surface area (TPSA) is 95.5 Å². The van der Waals surface area contributed by atoms with Crippen LogP contribution in [0.5, 0.6) is 0 Å². The van der Waals surface area contributed by atoms with Crippen molar-refractivity contribution >= 4 is 42.7 Å². The van der Waals surface area contributed by atoms with Crippen molar-refractivity contribution in [1.29, 1.82) is 0 Å². The van der Waals surface area contributed by atoms with Crippen molar-refractivity contribution in [3.8, 4) is 0 Å². The molecule has 6 rings (SSSR count). The van der Waals surface area contributed by atoms with Gasteiger partial charge in [0, 0.05) is 38.3 Å². The lowest BCUT2D eigenvalue weighted by molar-refractivity contribution is -0.118. The van der Waals surface area contributed by atoms with Gasteiger partial charge in [0.1, 0.15) is 10.3 Å². The predicted octanol–water partition coefficient (Wildman–Crippen LogP) is 5.52. The minimum absolute atomic E-state index is 0.111. The van der Waals surface area contributed by atoms with Gasteiger partial charge in [0.2, 0.25) is 15.9 Å². The normalized spacial score (nSPS) is 17.9. The van der Waals surface area contributed by atoms with E-state index in [9.17, 15) is 13.2 Å². The van der Waals surface area contributed by atoms with Crippen molar-refractivity contribution in [2.24, 2.45) is 5.92 Å². The molecule has 0 bridgehead atoms. The Bertz CT molecular complexity index is 1630. The number of hydrogen-bond acceptors (Lipinski definition) is 7. The second-order valence-electron chi connectivity index (χ2n) is 11.5. The van der Waals surface area contributed by atoms with Crippen molar-refractivity contribution in [3.05, 3.63) is 83.6 Å². The molecule has 10 heteroatoms. The van der Waals surface area contributed by atoms with Gasteiger partial charge in [-0.2, -0.15) is 4.31 Å². The zero-order valence-electron chi connectivity index (χ0n) is 23.9. The molecule has 1 unspecified atom stereocenters. The number of nitrogens with one attached hydrogen (secondary N) is 1. The zero-order chi connectivity index (χ0) is 29.1. The Morgan fingerprint density at radius 1 is 0.952 bits per heavy atom. The van der Waals surface area contributed by atoms with Crippen LogP contribution >= 0.6 is 11.3 Å². The first-order chi connectivity index (χ1) is 20.3. The van der Waals surface area contributed by atoms with Crippen LogP contribution in [-0.4, -0.2) is 66.7 Å². The highest BCUT2D eigenvalue weighted by atomic mass is 32.2. The number of aromatic nitrogens is 2. The van der Waals surface area contributed by atoms with E-state index in [1.165, 1.54) is 29.7 Å². The van der Waals surface area contributed by atoms with E-state index in [1.807, 2.05) is 49.5 Å². The molecule has 1 atom stereocenters. The molecule has 1 N–H and O–H groups in total. The Morgan fingerprint density at radius 2 is 1.67 bits per heavy atom. The van der Waals surface area contributed by atoms with Crippen molar-refractivity contribution in [1.82, 2.24) is 19.2 Å². The first kappa shape index (κ1) is 28.9. The van der Waals surface area contributed by atoms with Gasteiger partial charge in [0.05, 0.1) is 10.8 Å². The maximum Gasteiger partial charge on any atom is 0.243 e. The molecule has 1 aliphatic carbocycles. The lowest BCUT2D eigenvalue weighted by atomic mass is 9.87. The number of anilines is 1. The molecule has 1 saturated heterocycles. The van der Waals surface area contributed by atoms with Gasteiger partial charge in [-0.25, -0.2) is 18.4 Å². The Hall–Kier alpha value is -3.18. The van der Waals surface area contributed by atoms with Gasteiger partial charge in [0.25, 0.3) is 0 Å². The summed E-state index contributed by atoms with van der Waals surface area (Å²) in [5, 5.41) is 3.60. The third-order valence-electron chi connectivity index (χ3n) is 8.51. The lowest BCUT2D eigenvalue weighted by Crippen LogP contribution is -2.47. The number of pyridine rings is 1. The summed E-state index contributed by atoms with van der Waals surface area (Å²) in [4.78, 5) is 26.4. The van der Waals surface area contributed by atoms with Crippen LogP contribution in [0.2, 0.25) is 0 Å². The van der Waals surface area contributed by atoms with Gasteiger partial charge in [-0.15, -0.1) is 0 Å². The number of benzene rings is 2. The number of carbonyl (C=O) groups is 1. The minimum atomic E-state index is -3.57. The van der Waals surface area contributed by atoms with Crippen LogP contribution in [0, 0.1) is 5.92 Å². The van der Waals surface area contributed by atoms with Crippen LogP contribution in [0.3, 0.4) is 0 Å². The number of nitrogens with zero attached hydrogens (tertiary/aromatic N) is 4. The molecule has 8 nitrogen and oxygen atoms in total. The Balaban J connectivity index is 1.20. The van der Waals surface area contributed by atoms with E-state index >= 15 is 0 Å². The number of thiazole rings is 1. The second-order valence-corrected chi connectivity index (χ2v) is 14.4. The molecule has 2 aliphatic rings. The highest BCUT2D eigenvalue weighted by Gasteiger charge is 2.30. The molecule has 1 aliphatic heterocycles. The molecule has 220 valence electrons. The molecule has 0 spiro atoms. The van der Waals surface area contributed by atoms with E-state index in [0.29, 0.717) is 24.1 Å². The average Bonchev–Trinajstić information content (AvgIpc) is 3.66. The fourth-order valence-corrected chi connectivity index (χ4v) is 8.31. The second kappa shape index (κ2) is 12.6. The number of rotatable bonds is 9. The SMILES string of the molecule is CN1CCN(S(=O)(=O)c2ccc(C(CC3CCCC3)C(=O)Nc3nc4ccc(Cc5ccccc5)nc4s3)cc2)CC1. The number of carbonyl (C=O) groups excluding carboxylic acids is 1. The largest absolute Gasteiger partial charge is 0.304 e. The fraction of sp³-hybridized carbons (Fsp3) is 0.406. The van der Waals surface area contributed by atoms with Gasteiger partial charge in [-0.1, -0.05) is 79.5 Å². The van der Waals surface area contributed by atoms with E-state index < -0.39 is 10.0 Å². The van der Waals surface area contributed by atoms with Crippen molar-refractivity contribution in [2.75, 3.05) is 38.5 Å². The van der Waals surface area contributed by atoms with Gasteiger partial charge < -0.3 is 10.2 Å². The van der Waals surface area contributed by atoms with Crippen molar-refractivity contribution < 1.29 is 13.2 Å². The molecular weight excluding hydrogens is 567 g/mol. The first-order valence-electron chi connectivity index (χ1n) is 14.7. The van der Waals surface area contributed by atoms with E-state index in [4.69, 9.17) is 4.98 Å². The fourth-order valence-electron chi connectivity index (χ4n) is 6.03. The average molecular weight is 604 g/mol. The quantitative estimate of drug-likeness (QED) is 0.271. The summed E-state index contributed by atoms with van der Waals surface area (Å²) in [6.07, 6.45) is 6.09. The number of likely N-dealkylation sites (N-methyl/N-ethyl adjacent to an activating group) is 1. The zero-order valence-corrected chi connectivity index (χ0v) is 25.5. The number of sulfonamides is 1. The molecule has 42 heavy (non-hydrogen) atoms. The van der Waals surface area contributed by atoms with Gasteiger partial charge >= 0.3 is 0 Å². The Kier molecular flexibility index (Phi) is 8.67. The van der Waals surface area contributed by atoms with Gasteiger partial charge in [0.15, 0.2) is 5.13 Å². The third kappa shape index (κ3) is 6.57. The molecule has 4 aromatic rings. The highest BCUT2D eigenvalue weighted by Crippen LogP contribution is 2.36. The summed E-state index contributed by atoms with van der Waals surface area (Å²) in [5.74, 6) is -0.0191. The number of hydrogen-bond donors (Lipinski definition) is 1. The van der Waals surface area contributed by atoms with Crippen LogP contribution in [0.4, 0.5) is 5.13 Å². The molecule has 2 aromatic carbocycles. The van der Waals surface area contributed by atoms with Crippen molar-refractivity contribution in [3.63, 3.8) is 0 Å². The molecule has 3 heterocycles. The highest BCUT2D eigenvalue weighted by molar-refractivity contribution is 7.89. The molecule has 1 saturated carbocycles. The van der Waals surface area contributed by atoms with Crippen LogP contribution in [0.1, 0.15) is 54.8 Å². The number of amides is 1. The van der Waals surface area contributed by atoms with E-state index in [0.717, 1.165) is 60.4 Å². The van der Waals surface area contributed by atoms with Crippen LogP contribution < -0.4 is 5.32 Å². The van der Waals surface area contributed by atoms with Crippen LogP contribution in [0.15, 0.2) is 71.6 Å². The summed E-state index contributed by atoms with van der Waals surface area (Å²) in [6.45, 7) is 2.41. The molecule has 2 fully saturated rings. The van der Waals surface area contributed by atoms with Gasteiger partial charge in [-0.3, -0.25) is 4.79 Å². The number of piperazine rings is 1. The molecule has 2 aromatic heterocycles. The monoisotopic (exact) mass is 603 g/mol. The number of fused-ring (bicyclic) bond motifs is 1.